The van der Waals surface area contributed by atoms with Crippen LogP contribution >= 0.6 is 11.3 Å². The maximum absolute atomic E-state index is 10.8. The molecule has 0 radical (unpaired) electrons. The molecule has 0 bridgehead atoms. The Balaban J connectivity index is 1.69. The van der Waals surface area contributed by atoms with Crippen LogP contribution in [0.25, 0.3) is 0 Å². The minimum absolute atomic E-state index is 0.404. The summed E-state index contributed by atoms with van der Waals surface area (Å²) in [5, 5.41) is 14.2. The van der Waals surface area contributed by atoms with Crippen LogP contribution in [0.2, 0.25) is 0 Å². The van der Waals surface area contributed by atoms with E-state index in [2.05, 4.69) is 17.1 Å². The number of rotatable bonds is 7. The molecule has 0 unspecified atom stereocenters. The third-order valence-electron chi connectivity index (χ3n) is 3.88. The Bertz CT molecular complexity index is 425. The Labute approximate surface area is 124 Å². The van der Waals surface area contributed by atoms with Gasteiger partial charge in [-0.05, 0) is 45.0 Å². The van der Waals surface area contributed by atoms with Crippen LogP contribution in [-0.4, -0.2) is 41.7 Å². The molecule has 0 aromatic carbocycles. The maximum atomic E-state index is 10.8. The fourth-order valence-corrected chi connectivity index (χ4v) is 3.38. The molecular weight excluding hydrogens is 272 g/mol. The molecule has 5 heteroatoms. The average molecular weight is 296 g/mol. The molecule has 1 fully saturated rings. The topological polar surface area (TPSA) is 52.6 Å². The van der Waals surface area contributed by atoms with Crippen LogP contribution in [0.1, 0.15) is 47.8 Å². The zero-order chi connectivity index (χ0) is 14.4. The van der Waals surface area contributed by atoms with E-state index in [1.165, 1.54) is 56.7 Å². The highest BCUT2D eigenvalue weighted by Gasteiger charge is 2.18. The lowest BCUT2D eigenvalue weighted by molar-refractivity contribution is 0.0697. The van der Waals surface area contributed by atoms with Crippen LogP contribution in [0, 0.1) is 0 Å². The first-order valence-corrected chi connectivity index (χ1v) is 8.33. The number of piperidine rings is 1. The number of carboxylic acids is 1. The van der Waals surface area contributed by atoms with E-state index in [-0.39, 0.29) is 0 Å². The Morgan fingerprint density at radius 1 is 1.50 bits per heavy atom. The van der Waals surface area contributed by atoms with Crippen molar-refractivity contribution in [1.29, 1.82) is 0 Å². The van der Waals surface area contributed by atoms with Gasteiger partial charge in [-0.25, -0.2) is 4.79 Å². The van der Waals surface area contributed by atoms with Gasteiger partial charge >= 0.3 is 5.97 Å². The smallest absolute Gasteiger partial charge is 0.336 e. The Morgan fingerprint density at radius 3 is 2.85 bits per heavy atom. The molecule has 112 valence electrons. The van der Waals surface area contributed by atoms with Gasteiger partial charge in [-0.15, -0.1) is 11.3 Å². The van der Waals surface area contributed by atoms with Crippen molar-refractivity contribution in [2.45, 2.75) is 45.2 Å². The molecule has 0 saturated carbocycles. The molecule has 20 heavy (non-hydrogen) atoms. The van der Waals surface area contributed by atoms with Crippen LogP contribution < -0.4 is 5.32 Å². The summed E-state index contributed by atoms with van der Waals surface area (Å²) in [6.07, 6.45) is 4.95. The number of hydrogen-bond acceptors (Lipinski definition) is 4. The van der Waals surface area contributed by atoms with Crippen molar-refractivity contribution >= 4 is 17.3 Å². The maximum Gasteiger partial charge on any atom is 0.336 e. The highest BCUT2D eigenvalue weighted by atomic mass is 32.1. The molecule has 4 nitrogen and oxygen atoms in total. The molecule has 0 aliphatic carbocycles. The number of unbranched alkanes of at least 4 members (excludes halogenated alkanes) is 1. The van der Waals surface area contributed by atoms with Gasteiger partial charge in [0.2, 0.25) is 0 Å². The molecule has 2 N–H and O–H groups in total. The van der Waals surface area contributed by atoms with Gasteiger partial charge in [0, 0.05) is 22.8 Å². The summed E-state index contributed by atoms with van der Waals surface area (Å²) < 4.78 is 0. The number of carboxylic acid groups (broad SMARTS) is 1. The fourth-order valence-electron chi connectivity index (χ4n) is 2.57. The van der Waals surface area contributed by atoms with E-state index >= 15 is 0 Å². The van der Waals surface area contributed by atoms with Crippen LogP contribution in [0.3, 0.4) is 0 Å². The van der Waals surface area contributed by atoms with E-state index in [1.807, 2.05) is 0 Å². The zero-order valence-electron chi connectivity index (χ0n) is 12.1. The fraction of sp³-hybridized carbons (Fsp3) is 0.667. The lowest BCUT2D eigenvalue weighted by Gasteiger charge is -2.32. The summed E-state index contributed by atoms with van der Waals surface area (Å²) in [4.78, 5) is 14.5. The number of hydrogen-bond donors (Lipinski definition) is 2. The largest absolute Gasteiger partial charge is 0.478 e. The molecule has 0 amide bonds. The van der Waals surface area contributed by atoms with Gasteiger partial charge in [0.25, 0.3) is 0 Å². The summed E-state index contributed by atoms with van der Waals surface area (Å²) in [6, 6.07) is 2.35. The summed E-state index contributed by atoms with van der Waals surface area (Å²) >= 11 is 1.52. The number of carbonyl (C=O) groups is 1. The number of nitrogens with one attached hydrogen (secondary N) is 1. The third kappa shape index (κ3) is 4.58. The van der Waals surface area contributed by atoms with Crippen molar-refractivity contribution in [3.8, 4) is 0 Å². The van der Waals surface area contributed by atoms with Crippen molar-refractivity contribution < 1.29 is 9.90 Å². The first kappa shape index (κ1) is 15.5. The first-order valence-electron chi connectivity index (χ1n) is 7.45. The van der Waals surface area contributed by atoms with Crippen LogP contribution in [0.4, 0.5) is 0 Å². The van der Waals surface area contributed by atoms with Gasteiger partial charge in [0.05, 0.1) is 5.56 Å². The zero-order valence-corrected chi connectivity index (χ0v) is 12.9. The summed E-state index contributed by atoms with van der Waals surface area (Å²) in [5.74, 6) is -0.836. The quantitative estimate of drug-likeness (QED) is 0.812. The molecule has 1 aromatic rings. The molecule has 2 rings (SSSR count). The van der Waals surface area contributed by atoms with Crippen molar-refractivity contribution in [1.82, 2.24) is 10.2 Å². The molecule has 1 aromatic heterocycles. The monoisotopic (exact) mass is 296 g/mol. The van der Waals surface area contributed by atoms with Crippen LogP contribution in [0.5, 0.6) is 0 Å². The summed E-state index contributed by atoms with van der Waals surface area (Å²) in [5.41, 5.74) is 0.404. The van der Waals surface area contributed by atoms with Gasteiger partial charge in [-0.2, -0.15) is 0 Å². The van der Waals surface area contributed by atoms with Crippen molar-refractivity contribution in [3.05, 3.63) is 21.9 Å². The minimum atomic E-state index is -0.836. The van der Waals surface area contributed by atoms with E-state index in [9.17, 15) is 4.79 Å². The number of aromatic carboxylic acids is 1. The van der Waals surface area contributed by atoms with E-state index in [0.29, 0.717) is 11.6 Å². The van der Waals surface area contributed by atoms with E-state index in [1.54, 1.807) is 11.4 Å². The van der Waals surface area contributed by atoms with Crippen molar-refractivity contribution in [2.75, 3.05) is 19.6 Å². The van der Waals surface area contributed by atoms with Crippen LogP contribution in [0.15, 0.2) is 11.4 Å². The number of thiophene rings is 1. The second-order valence-electron chi connectivity index (χ2n) is 5.46. The molecule has 0 spiro atoms. The van der Waals surface area contributed by atoms with Gasteiger partial charge in [0.1, 0.15) is 0 Å². The molecule has 2 heterocycles. The van der Waals surface area contributed by atoms with Gasteiger partial charge in [0.15, 0.2) is 0 Å². The highest BCUT2D eigenvalue weighted by Crippen LogP contribution is 2.16. The van der Waals surface area contributed by atoms with Gasteiger partial charge in [-0.3, -0.25) is 0 Å². The van der Waals surface area contributed by atoms with Gasteiger partial charge < -0.3 is 15.3 Å². The standard InChI is InChI=1S/C15H24N2O2S/c1-2-3-6-17-7-4-13(5-8-17)16-10-14-9-12(11-20-14)15(18)19/h9,11,13,16H,2-8,10H2,1H3,(H,18,19). The molecule has 1 aliphatic rings. The summed E-state index contributed by atoms with van der Waals surface area (Å²) in [7, 11) is 0. The Morgan fingerprint density at radius 2 is 2.25 bits per heavy atom. The Kier molecular flexibility index (Phi) is 6.01. The lowest BCUT2D eigenvalue weighted by atomic mass is 10.0. The highest BCUT2D eigenvalue weighted by molar-refractivity contribution is 7.10. The van der Waals surface area contributed by atoms with E-state index in [4.69, 9.17) is 5.11 Å². The normalized spacial score (nSPS) is 17.4. The first-order chi connectivity index (χ1) is 9.69. The number of nitrogens with zero attached hydrogens (tertiary/aromatic N) is 1. The summed E-state index contributed by atoms with van der Waals surface area (Å²) in [6.45, 7) is 6.62. The van der Waals surface area contributed by atoms with Gasteiger partial charge in [-0.1, -0.05) is 13.3 Å². The number of likely N-dealkylation sites (tertiary alicyclic amines) is 1. The lowest BCUT2D eigenvalue weighted by Crippen LogP contribution is -2.42. The van der Waals surface area contributed by atoms with Crippen LogP contribution in [-0.2, 0) is 6.54 Å². The van der Waals surface area contributed by atoms with Crippen molar-refractivity contribution in [3.63, 3.8) is 0 Å². The molecular formula is C15H24N2O2S. The van der Waals surface area contributed by atoms with E-state index < -0.39 is 5.97 Å². The predicted molar refractivity (Wildman–Crippen MR) is 82.5 cm³/mol. The average Bonchev–Trinajstić information content (AvgIpc) is 2.93. The SMILES string of the molecule is CCCCN1CCC(NCc2cc(C(=O)O)cs2)CC1. The second kappa shape index (κ2) is 7.76. The molecule has 0 atom stereocenters. The Hall–Kier alpha value is -0.910. The molecule has 1 saturated heterocycles. The minimum Gasteiger partial charge on any atom is -0.478 e. The molecule has 1 aliphatic heterocycles. The predicted octanol–water partition coefficient (Wildman–Crippen LogP) is 2.80. The van der Waals surface area contributed by atoms with E-state index in [0.717, 1.165) is 11.4 Å². The second-order valence-corrected chi connectivity index (χ2v) is 6.45. The third-order valence-corrected chi connectivity index (χ3v) is 4.82. The van der Waals surface area contributed by atoms with Crippen molar-refractivity contribution in [2.24, 2.45) is 0 Å².